The van der Waals surface area contributed by atoms with Crippen LogP contribution in [0.5, 0.6) is 5.75 Å². The van der Waals surface area contributed by atoms with Gasteiger partial charge < -0.3 is 15.4 Å². The Bertz CT molecular complexity index is 537. The zero-order valence-electron chi connectivity index (χ0n) is 10.9. The lowest BCUT2D eigenvalue weighted by Gasteiger charge is -2.14. The molecule has 1 amide bonds. The number of ether oxygens (including phenoxy) is 1. The highest BCUT2D eigenvalue weighted by Gasteiger charge is 2.58. The predicted octanol–water partition coefficient (Wildman–Crippen LogP) is 1.93. The van der Waals surface area contributed by atoms with Crippen LogP contribution in [0.3, 0.4) is 0 Å². The Balaban J connectivity index is 1.68. The summed E-state index contributed by atoms with van der Waals surface area (Å²) in [7, 11) is 1.58. The molecular formula is C13H16BrN3O2. The molecule has 0 radical (unpaired) electrons. The molecule has 3 unspecified atom stereocenters. The van der Waals surface area contributed by atoms with Crippen molar-refractivity contribution < 1.29 is 9.53 Å². The second kappa shape index (κ2) is 4.45. The molecule has 19 heavy (non-hydrogen) atoms. The first kappa shape index (κ1) is 12.9. The summed E-state index contributed by atoms with van der Waals surface area (Å²) in [5.41, 5.74) is 0.324. The fourth-order valence-electron chi connectivity index (χ4n) is 2.70. The molecule has 0 aromatic carbocycles. The number of aromatic nitrogens is 1. The van der Waals surface area contributed by atoms with Crippen LogP contribution in [-0.4, -0.2) is 30.1 Å². The van der Waals surface area contributed by atoms with Crippen molar-refractivity contribution in [3.63, 3.8) is 0 Å². The largest absolute Gasteiger partial charge is 0.497 e. The Labute approximate surface area is 120 Å². The van der Waals surface area contributed by atoms with Gasteiger partial charge in [-0.15, -0.1) is 0 Å². The highest BCUT2D eigenvalue weighted by Crippen LogP contribution is 2.53. The number of carbonyl (C=O) groups excluding carboxylic acids is 1. The van der Waals surface area contributed by atoms with Crippen molar-refractivity contribution >= 4 is 27.7 Å². The number of amides is 1. The number of nitrogens with zero attached hydrogens (tertiary/aromatic N) is 1. The van der Waals surface area contributed by atoms with Crippen LogP contribution in [0.15, 0.2) is 16.7 Å². The quantitative estimate of drug-likeness (QED) is 0.833. The van der Waals surface area contributed by atoms with E-state index in [1.165, 1.54) is 6.42 Å². The van der Waals surface area contributed by atoms with Crippen LogP contribution in [0.25, 0.3) is 0 Å². The van der Waals surface area contributed by atoms with Crippen LogP contribution >= 0.6 is 15.9 Å². The van der Waals surface area contributed by atoms with Gasteiger partial charge in [0, 0.05) is 18.2 Å². The van der Waals surface area contributed by atoms with E-state index in [1.54, 1.807) is 19.2 Å². The van der Waals surface area contributed by atoms with E-state index in [9.17, 15) is 4.79 Å². The Morgan fingerprint density at radius 2 is 2.37 bits per heavy atom. The number of nitrogens with one attached hydrogen (secondary N) is 2. The molecule has 2 heterocycles. The normalized spacial score (nSPS) is 31.7. The summed E-state index contributed by atoms with van der Waals surface area (Å²) < 4.78 is 5.78. The maximum absolute atomic E-state index is 12.2. The molecule has 1 saturated heterocycles. The molecule has 6 heteroatoms. The summed E-state index contributed by atoms with van der Waals surface area (Å²) >= 11 is 3.29. The SMILES string of the molecule is COc1cc(Br)nc(NC(=O)C2CC3(C)CC3N2)c1. The first-order valence-corrected chi connectivity index (χ1v) is 7.08. The average Bonchev–Trinajstić information content (AvgIpc) is 2.86. The molecule has 0 bridgehead atoms. The van der Waals surface area contributed by atoms with E-state index in [4.69, 9.17) is 4.74 Å². The Hall–Kier alpha value is -1.14. The zero-order chi connectivity index (χ0) is 13.6. The highest BCUT2D eigenvalue weighted by atomic mass is 79.9. The van der Waals surface area contributed by atoms with Crippen molar-refractivity contribution in [2.24, 2.45) is 5.41 Å². The van der Waals surface area contributed by atoms with Gasteiger partial charge in [0.1, 0.15) is 16.2 Å². The number of anilines is 1. The number of piperidine rings is 1. The van der Waals surface area contributed by atoms with Gasteiger partial charge in [-0.1, -0.05) is 6.92 Å². The molecule has 3 atom stereocenters. The second-order valence-corrected chi connectivity index (χ2v) is 6.35. The Morgan fingerprint density at radius 1 is 1.58 bits per heavy atom. The predicted molar refractivity (Wildman–Crippen MR) is 75.2 cm³/mol. The van der Waals surface area contributed by atoms with E-state index < -0.39 is 0 Å². The number of pyridine rings is 1. The van der Waals surface area contributed by atoms with E-state index in [0.29, 0.717) is 27.6 Å². The molecule has 2 aliphatic rings. The van der Waals surface area contributed by atoms with Crippen molar-refractivity contribution in [3.8, 4) is 5.75 Å². The van der Waals surface area contributed by atoms with Crippen LogP contribution in [0.1, 0.15) is 19.8 Å². The number of fused-ring (bicyclic) bond motifs is 1. The minimum Gasteiger partial charge on any atom is -0.497 e. The lowest BCUT2D eigenvalue weighted by atomic mass is 10.0. The summed E-state index contributed by atoms with van der Waals surface area (Å²) in [6.45, 7) is 2.22. The van der Waals surface area contributed by atoms with Gasteiger partial charge in [0.25, 0.3) is 0 Å². The van der Waals surface area contributed by atoms with Crippen molar-refractivity contribution in [3.05, 3.63) is 16.7 Å². The van der Waals surface area contributed by atoms with E-state index in [1.807, 2.05) is 0 Å². The van der Waals surface area contributed by atoms with Crippen molar-refractivity contribution in [1.29, 1.82) is 0 Å². The Kier molecular flexibility index (Phi) is 3.02. The third-order valence-electron chi connectivity index (χ3n) is 4.00. The molecule has 1 aliphatic carbocycles. The van der Waals surface area contributed by atoms with Crippen molar-refractivity contribution in [2.45, 2.75) is 31.8 Å². The fraction of sp³-hybridized carbons (Fsp3) is 0.538. The molecule has 1 aromatic heterocycles. The maximum Gasteiger partial charge on any atom is 0.242 e. The number of carbonyl (C=O) groups is 1. The van der Waals surface area contributed by atoms with Crippen LogP contribution in [0.2, 0.25) is 0 Å². The van der Waals surface area contributed by atoms with Gasteiger partial charge in [-0.25, -0.2) is 4.98 Å². The molecule has 0 spiro atoms. The van der Waals surface area contributed by atoms with Crippen LogP contribution in [0, 0.1) is 5.41 Å². The third-order valence-corrected chi connectivity index (χ3v) is 4.40. The summed E-state index contributed by atoms with van der Waals surface area (Å²) in [5.74, 6) is 1.14. The lowest BCUT2D eigenvalue weighted by Crippen LogP contribution is -2.38. The summed E-state index contributed by atoms with van der Waals surface area (Å²) in [5, 5.41) is 6.18. The van der Waals surface area contributed by atoms with E-state index in [0.717, 1.165) is 6.42 Å². The highest BCUT2D eigenvalue weighted by molar-refractivity contribution is 9.10. The third kappa shape index (κ3) is 2.47. The fourth-order valence-corrected chi connectivity index (χ4v) is 3.11. The molecule has 102 valence electrons. The average molecular weight is 326 g/mol. The first-order valence-electron chi connectivity index (χ1n) is 6.29. The second-order valence-electron chi connectivity index (χ2n) is 5.54. The van der Waals surface area contributed by atoms with Crippen molar-refractivity contribution in [2.75, 3.05) is 12.4 Å². The van der Waals surface area contributed by atoms with Crippen LogP contribution in [-0.2, 0) is 4.79 Å². The van der Waals surface area contributed by atoms with Gasteiger partial charge in [0.2, 0.25) is 5.91 Å². The van der Waals surface area contributed by atoms with Gasteiger partial charge in [0.15, 0.2) is 0 Å². The summed E-state index contributed by atoms with van der Waals surface area (Å²) in [6, 6.07) is 3.85. The van der Waals surface area contributed by atoms with Gasteiger partial charge in [-0.2, -0.15) is 0 Å². The summed E-state index contributed by atoms with van der Waals surface area (Å²) in [4.78, 5) is 16.4. The minimum absolute atomic E-state index is 0.0268. The minimum atomic E-state index is -0.115. The van der Waals surface area contributed by atoms with Gasteiger partial charge in [-0.3, -0.25) is 4.79 Å². The maximum atomic E-state index is 12.2. The number of hydrogen-bond acceptors (Lipinski definition) is 4. The van der Waals surface area contributed by atoms with E-state index in [2.05, 4.69) is 38.5 Å². The molecule has 2 fully saturated rings. The number of hydrogen-bond donors (Lipinski definition) is 2. The van der Waals surface area contributed by atoms with Gasteiger partial charge in [0.05, 0.1) is 13.2 Å². The van der Waals surface area contributed by atoms with Crippen molar-refractivity contribution in [1.82, 2.24) is 10.3 Å². The smallest absolute Gasteiger partial charge is 0.242 e. The lowest BCUT2D eigenvalue weighted by molar-refractivity contribution is -0.118. The molecule has 1 aromatic rings. The zero-order valence-corrected chi connectivity index (χ0v) is 12.5. The van der Waals surface area contributed by atoms with Gasteiger partial charge >= 0.3 is 0 Å². The van der Waals surface area contributed by atoms with Gasteiger partial charge in [-0.05, 0) is 34.2 Å². The number of halogens is 1. The van der Waals surface area contributed by atoms with Crippen LogP contribution < -0.4 is 15.4 Å². The molecule has 1 saturated carbocycles. The molecule has 5 nitrogen and oxygen atoms in total. The summed E-state index contributed by atoms with van der Waals surface area (Å²) in [6.07, 6.45) is 2.08. The van der Waals surface area contributed by atoms with E-state index in [-0.39, 0.29) is 11.9 Å². The topological polar surface area (TPSA) is 63.2 Å². The molecule has 2 N–H and O–H groups in total. The number of methoxy groups -OCH3 is 1. The standard InChI is InChI=1S/C13H16BrN3O2/c1-13-5-8(15-9(13)6-13)12(18)17-11-4-7(19-2)3-10(14)16-11/h3-4,8-9,15H,5-6H2,1-2H3,(H,16,17,18). The monoisotopic (exact) mass is 325 g/mol. The Morgan fingerprint density at radius 3 is 3.00 bits per heavy atom. The van der Waals surface area contributed by atoms with E-state index >= 15 is 0 Å². The molecule has 3 rings (SSSR count). The van der Waals surface area contributed by atoms with Crippen LogP contribution in [0.4, 0.5) is 5.82 Å². The molecular weight excluding hydrogens is 310 g/mol. The number of rotatable bonds is 3. The first-order chi connectivity index (χ1) is 9.00. The molecule has 1 aliphatic heterocycles.